The van der Waals surface area contributed by atoms with Crippen LogP contribution in [0.1, 0.15) is 10.9 Å². The lowest BCUT2D eigenvalue weighted by Crippen LogP contribution is -2.27. The van der Waals surface area contributed by atoms with Crippen LogP contribution in [0.25, 0.3) is 0 Å². The van der Waals surface area contributed by atoms with Crippen LogP contribution in [0.2, 0.25) is 0 Å². The smallest absolute Gasteiger partial charge is 0.316 e. The van der Waals surface area contributed by atoms with Crippen molar-refractivity contribution in [2.75, 3.05) is 0 Å². The fourth-order valence-corrected chi connectivity index (χ4v) is 1.38. The Hall–Kier alpha value is -0.550. The lowest BCUT2D eigenvalue weighted by molar-refractivity contribution is -0.148. The van der Waals surface area contributed by atoms with Gasteiger partial charge in [0.2, 0.25) is 0 Å². The van der Waals surface area contributed by atoms with E-state index >= 15 is 0 Å². The monoisotopic (exact) mass is 181 g/mol. The van der Waals surface area contributed by atoms with Gasteiger partial charge in [-0.15, -0.1) is 11.3 Å². The summed E-state index contributed by atoms with van der Waals surface area (Å²) in [4.78, 5) is 0.150. The molecule has 0 bridgehead atoms. The molecule has 1 aromatic heterocycles. The van der Waals surface area contributed by atoms with Crippen LogP contribution in [-0.2, 0) is 0 Å². The average Bonchev–Trinajstić information content (AvgIpc) is 2.34. The number of thiophene rings is 1. The van der Waals surface area contributed by atoms with E-state index in [1.165, 1.54) is 6.07 Å². The molecule has 0 spiro atoms. The summed E-state index contributed by atoms with van der Waals surface area (Å²) in [5.74, 6) is 0. The summed E-state index contributed by atoms with van der Waals surface area (Å²) in [6, 6.07) is 1.09. The van der Waals surface area contributed by atoms with Crippen LogP contribution in [0.3, 0.4) is 0 Å². The minimum Gasteiger partial charge on any atom is -0.316 e. The van der Waals surface area contributed by atoms with Gasteiger partial charge in [0, 0.05) is 4.88 Å². The van der Waals surface area contributed by atoms with E-state index < -0.39 is 12.2 Å². The zero-order chi connectivity index (χ0) is 8.48. The normalized spacial score (nSPS) is 14.9. The predicted octanol–water partition coefficient (Wildman–Crippen LogP) is 2.31. The average molecular weight is 181 g/mol. The first-order valence-corrected chi connectivity index (χ1v) is 3.75. The second-order valence-electron chi connectivity index (χ2n) is 2.03. The van der Waals surface area contributed by atoms with Gasteiger partial charge < -0.3 is 5.73 Å². The quantitative estimate of drug-likeness (QED) is 0.706. The Morgan fingerprint density at radius 2 is 2.09 bits per heavy atom. The molecular weight excluding hydrogens is 175 g/mol. The molecule has 0 fully saturated rings. The van der Waals surface area contributed by atoms with Crippen molar-refractivity contribution in [1.82, 2.24) is 0 Å². The second kappa shape index (κ2) is 2.83. The largest absolute Gasteiger partial charge is 0.408 e. The zero-order valence-corrected chi connectivity index (χ0v) is 6.25. The highest BCUT2D eigenvalue weighted by Crippen LogP contribution is 2.32. The predicted molar refractivity (Wildman–Crippen MR) is 37.3 cm³/mol. The van der Waals surface area contributed by atoms with Gasteiger partial charge >= 0.3 is 6.18 Å². The lowest BCUT2D eigenvalue weighted by Gasteiger charge is -2.12. The SMILES string of the molecule is N[C@H](c1cccs1)C(F)(F)F. The maximum absolute atomic E-state index is 11.9. The van der Waals surface area contributed by atoms with Gasteiger partial charge in [-0.05, 0) is 11.4 Å². The molecule has 1 heterocycles. The number of hydrogen-bond acceptors (Lipinski definition) is 2. The van der Waals surface area contributed by atoms with E-state index in [-0.39, 0.29) is 4.88 Å². The van der Waals surface area contributed by atoms with Crippen molar-refractivity contribution in [3.63, 3.8) is 0 Å². The maximum Gasteiger partial charge on any atom is 0.408 e. The van der Waals surface area contributed by atoms with Gasteiger partial charge in [-0.1, -0.05) is 6.07 Å². The number of nitrogens with two attached hydrogens (primary N) is 1. The Morgan fingerprint density at radius 1 is 1.45 bits per heavy atom. The number of rotatable bonds is 1. The molecule has 1 rings (SSSR count). The molecule has 1 nitrogen and oxygen atoms in total. The fourth-order valence-electron chi connectivity index (χ4n) is 0.630. The Morgan fingerprint density at radius 3 is 2.45 bits per heavy atom. The van der Waals surface area contributed by atoms with Crippen LogP contribution in [0, 0.1) is 0 Å². The summed E-state index contributed by atoms with van der Waals surface area (Å²) in [6.07, 6.45) is -4.33. The van der Waals surface area contributed by atoms with Crippen LogP contribution in [0.15, 0.2) is 17.5 Å². The van der Waals surface area contributed by atoms with E-state index in [2.05, 4.69) is 0 Å². The Labute approximate surface area is 65.6 Å². The topological polar surface area (TPSA) is 26.0 Å². The molecule has 0 radical (unpaired) electrons. The van der Waals surface area contributed by atoms with E-state index in [4.69, 9.17) is 5.73 Å². The van der Waals surface area contributed by atoms with Crippen molar-refractivity contribution in [1.29, 1.82) is 0 Å². The first kappa shape index (κ1) is 8.55. The van der Waals surface area contributed by atoms with Gasteiger partial charge in [0.15, 0.2) is 0 Å². The molecule has 0 amide bonds. The van der Waals surface area contributed by atoms with Crippen molar-refractivity contribution in [3.05, 3.63) is 22.4 Å². The molecular formula is C6H6F3NS. The van der Waals surface area contributed by atoms with Crippen molar-refractivity contribution in [2.24, 2.45) is 5.73 Å². The Balaban J connectivity index is 2.78. The first-order chi connectivity index (χ1) is 5.02. The van der Waals surface area contributed by atoms with Crippen molar-refractivity contribution in [3.8, 4) is 0 Å². The summed E-state index contributed by atoms with van der Waals surface area (Å²) < 4.78 is 35.7. The van der Waals surface area contributed by atoms with E-state index in [1.54, 1.807) is 11.4 Å². The van der Waals surface area contributed by atoms with Crippen molar-refractivity contribution < 1.29 is 13.2 Å². The highest BCUT2D eigenvalue weighted by atomic mass is 32.1. The first-order valence-electron chi connectivity index (χ1n) is 2.87. The van der Waals surface area contributed by atoms with Gasteiger partial charge in [0.05, 0.1) is 0 Å². The molecule has 0 aromatic carbocycles. The summed E-state index contributed by atoms with van der Waals surface area (Å²) >= 11 is 1.01. The zero-order valence-electron chi connectivity index (χ0n) is 5.43. The molecule has 0 unspecified atom stereocenters. The third kappa shape index (κ3) is 1.94. The molecule has 0 aliphatic heterocycles. The third-order valence-corrected chi connectivity index (χ3v) is 2.16. The number of hydrogen-bond donors (Lipinski definition) is 1. The minimum atomic E-state index is -4.33. The summed E-state index contributed by atoms with van der Waals surface area (Å²) in [6.45, 7) is 0. The molecule has 5 heteroatoms. The summed E-state index contributed by atoms with van der Waals surface area (Å²) in [5, 5.41) is 1.57. The maximum atomic E-state index is 11.9. The van der Waals surface area contributed by atoms with E-state index in [9.17, 15) is 13.2 Å². The molecule has 62 valence electrons. The van der Waals surface area contributed by atoms with E-state index in [1.807, 2.05) is 0 Å². The van der Waals surface area contributed by atoms with Gasteiger partial charge in [0.1, 0.15) is 6.04 Å². The molecule has 1 aromatic rings. The third-order valence-electron chi connectivity index (χ3n) is 1.20. The highest BCUT2D eigenvalue weighted by Gasteiger charge is 2.38. The Kier molecular flexibility index (Phi) is 2.20. The number of halogens is 3. The molecule has 0 saturated heterocycles. The lowest BCUT2D eigenvalue weighted by atomic mass is 10.2. The van der Waals surface area contributed by atoms with E-state index in [0.29, 0.717) is 0 Å². The van der Waals surface area contributed by atoms with Crippen LogP contribution < -0.4 is 5.73 Å². The minimum absolute atomic E-state index is 0.150. The van der Waals surface area contributed by atoms with Crippen LogP contribution in [-0.4, -0.2) is 6.18 Å². The Bertz CT molecular complexity index is 216. The molecule has 1 atom stereocenters. The summed E-state index contributed by atoms with van der Waals surface area (Å²) in [7, 11) is 0. The van der Waals surface area contributed by atoms with Gasteiger partial charge in [-0.3, -0.25) is 0 Å². The molecule has 0 aliphatic carbocycles. The van der Waals surface area contributed by atoms with Crippen molar-refractivity contribution in [2.45, 2.75) is 12.2 Å². The van der Waals surface area contributed by atoms with E-state index in [0.717, 1.165) is 11.3 Å². The van der Waals surface area contributed by atoms with Crippen molar-refractivity contribution >= 4 is 11.3 Å². The number of alkyl halides is 3. The van der Waals surface area contributed by atoms with Crippen LogP contribution >= 0.6 is 11.3 Å². The fraction of sp³-hybridized carbons (Fsp3) is 0.333. The van der Waals surface area contributed by atoms with Crippen LogP contribution in [0.4, 0.5) is 13.2 Å². The van der Waals surface area contributed by atoms with Crippen LogP contribution in [0.5, 0.6) is 0 Å². The standard InChI is InChI=1S/C6H6F3NS/c7-6(8,9)5(10)4-2-1-3-11-4/h1-3,5H,10H2/t5-/m1/s1. The molecule has 0 saturated carbocycles. The highest BCUT2D eigenvalue weighted by molar-refractivity contribution is 7.10. The van der Waals surface area contributed by atoms with Gasteiger partial charge in [-0.25, -0.2) is 0 Å². The molecule has 11 heavy (non-hydrogen) atoms. The molecule has 0 aliphatic rings. The summed E-state index contributed by atoms with van der Waals surface area (Å²) in [5.41, 5.74) is 4.90. The van der Waals surface area contributed by atoms with Gasteiger partial charge in [0.25, 0.3) is 0 Å². The second-order valence-corrected chi connectivity index (χ2v) is 3.01. The molecule has 2 N–H and O–H groups in total. The van der Waals surface area contributed by atoms with Gasteiger partial charge in [-0.2, -0.15) is 13.2 Å².